The van der Waals surface area contributed by atoms with Crippen molar-refractivity contribution in [3.05, 3.63) is 18.2 Å². The first kappa shape index (κ1) is 12.6. The minimum Gasteiger partial charge on any atom is -0.384 e. The molecule has 0 saturated carbocycles. The second kappa shape index (κ2) is 5.68. The van der Waals surface area contributed by atoms with Gasteiger partial charge in [0.1, 0.15) is 11.6 Å². The van der Waals surface area contributed by atoms with Gasteiger partial charge >= 0.3 is 0 Å². The molecule has 1 aromatic heterocycles. The van der Waals surface area contributed by atoms with Gasteiger partial charge in [0.2, 0.25) is 5.91 Å². The molecule has 1 amide bonds. The van der Waals surface area contributed by atoms with Crippen molar-refractivity contribution in [1.82, 2.24) is 9.88 Å². The van der Waals surface area contributed by atoms with E-state index in [0.717, 1.165) is 31.7 Å². The van der Waals surface area contributed by atoms with Crippen molar-refractivity contribution < 1.29 is 4.79 Å². The van der Waals surface area contributed by atoms with Gasteiger partial charge in [-0.1, -0.05) is 6.07 Å². The summed E-state index contributed by atoms with van der Waals surface area (Å²) in [6, 6.07) is 5.93. The molecule has 0 radical (unpaired) electrons. The van der Waals surface area contributed by atoms with Crippen LogP contribution in [0.2, 0.25) is 0 Å². The first-order valence-corrected chi connectivity index (χ1v) is 6.13. The summed E-state index contributed by atoms with van der Waals surface area (Å²) in [5.74, 6) is 1.06. The minimum absolute atomic E-state index is 0.265. The Balaban J connectivity index is 1.81. The standard InChI is InChI=1S/C12H19N5O/c13-10-2-1-3-12(16-10)15-9-4-6-17(7-5-9)8-11(14)18/h1-3,9H,4-8H2,(H2,14,18)(H3,13,15,16). The van der Waals surface area contributed by atoms with E-state index in [1.807, 2.05) is 12.1 Å². The lowest BCUT2D eigenvalue weighted by Gasteiger charge is -2.31. The summed E-state index contributed by atoms with van der Waals surface area (Å²) < 4.78 is 0. The van der Waals surface area contributed by atoms with Gasteiger partial charge in [-0.25, -0.2) is 4.98 Å². The number of anilines is 2. The Morgan fingerprint density at radius 3 is 2.78 bits per heavy atom. The first-order valence-electron chi connectivity index (χ1n) is 6.13. The molecule has 0 atom stereocenters. The molecule has 1 aliphatic rings. The zero-order chi connectivity index (χ0) is 13.0. The van der Waals surface area contributed by atoms with Crippen LogP contribution in [-0.4, -0.2) is 41.5 Å². The fraction of sp³-hybridized carbons (Fsp3) is 0.500. The van der Waals surface area contributed by atoms with E-state index in [4.69, 9.17) is 11.5 Å². The Labute approximate surface area is 106 Å². The monoisotopic (exact) mass is 249 g/mol. The molecule has 2 rings (SSSR count). The quantitative estimate of drug-likeness (QED) is 0.699. The molecule has 5 N–H and O–H groups in total. The number of rotatable bonds is 4. The first-order chi connectivity index (χ1) is 8.63. The van der Waals surface area contributed by atoms with E-state index in [2.05, 4.69) is 15.2 Å². The van der Waals surface area contributed by atoms with Crippen molar-refractivity contribution in [1.29, 1.82) is 0 Å². The summed E-state index contributed by atoms with van der Waals surface area (Å²) in [6.45, 7) is 2.11. The summed E-state index contributed by atoms with van der Waals surface area (Å²) >= 11 is 0. The molecule has 1 saturated heterocycles. The molecule has 0 aromatic carbocycles. The summed E-state index contributed by atoms with van der Waals surface area (Å²) in [6.07, 6.45) is 1.95. The van der Waals surface area contributed by atoms with Gasteiger partial charge in [0.15, 0.2) is 0 Å². The third-order valence-electron chi connectivity index (χ3n) is 3.09. The van der Waals surface area contributed by atoms with Crippen molar-refractivity contribution >= 4 is 17.5 Å². The summed E-state index contributed by atoms with van der Waals surface area (Å²) in [7, 11) is 0. The predicted molar refractivity (Wildman–Crippen MR) is 70.9 cm³/mol. The molecule has 6 heteroatoms. The zero-order valence-electron chi connectivity index (χ0n) is 10.3. The summed E-state index contributed by atoms with van der Waals surface area (Å²) in [5, 5.41) is 3.36. The van der Waals surface area contributed by atoms with Crippen LogP contribution in [0, 0.1) is 0 Å². The Kier molecular flexibility index (Phi) is 3.99. The average Bonchev–Trinajstić information content (AvgIpc) is 2.31. The third-order valence-corrected chi connectivity index (χ3v) is 3.09. The van der Waals surface area contributed by atoms with Gasteiger partial charge in [-0.15, -0.1) is 0 Å². The highest BCUT2D eigenvalue weighted by Crippen LogP contribution is 2.15. The van der Waals surface area contributed by atoms with E-state index in [1.165, 1.54) is 0 Å². The average molecular weight is 249 g/mol. The molecule has 0 spiro atoms. The van der Waals surface area contributed by atoms with Crippen molar-refractivity contribution in [2.45, 2.75) is 18.9 Å². The fourth-order valence-corrected chi connectivity index (χ4v) is 2.20. The summed E-state index contributed by atoms with van der Waals surface area (Å²) in [4.78, 5) is 17.1. The molecular formula is C12H19N5O. The van der Waals surface area contributed by atoms with Crippen LogP contribution in [0.1, 0.15) is 12.8 Å². The molecule has 1 fully saturated rings. The summed E-state index contributed by atoms with van der Waals surface area (Å²) in [5.41, 5.74) is 10.8. The number of nitrogens with zero attached hydrogens (tertiary/aromatic N) is 2. The smallest absolute Gasteiger partial charge is 0.231 e. The van der Waals surface area contributed by atoms with E-state index in [1.54, 1.807) is 6.07 Å². The van der Waals surface area contributed by atoms with Crippen LogP contribution >= 0.6 is 0 Å². The maximum Gasteiger partial charge on any atom is 0.231 e. The maximum atomic E-state index is 10.8. The molecular weight excluding hydrogens is 230 g/mol. The number of hydrogen-bond acceptors (Lipinski definition) is 5. The molecule has 1 aliphatic heterocycles. The highest BCUT2D eigenvalue weighted by Gasteiger charge is 2.20. The van der Waals surface area contributed by atoms with Crippen LogP contribution in [-0.2, 0) is 4.79 Å². The number of pyridine rings is 1. The number of nitrogen functional groups attached to an aromatic ring is 1. The van der Waals surface area contributed by atoms with Crippen LogP contribution in [0.5, 0.6) is 0 Å². The molecule has 0 bridgehead atoms. The number of nitrogens with one attached hydrogen (secondary N) is 1. The molecule has 0 unspecified atom stereocenters. The third kappa shape index (κ3) is 3.59. The molecule has 1 aromatic rings. The van der Waals surface area contributed by atoms with Gasteiger partial charge in [0.25, 0.3) is 0 Å². The SMILES string of the molecule is NC(=O)CN1CCC(Nc2cccc(N)n2)CC1. The number of primary amides is 1. The number of carbonyl (C=O) groups is 1. The lowest BCUT2D eigenvalue weighted by molar-refractivity contribution is -0.119. The van der Waals surface area contributed by atoms with Gasteiger partial charge in [-0.2, -0.15) is 0 Å². The number of piperidine rings is 1. The molecule has 0 aliphatic carbocycles. The number of likely N-dealkylation sites (tertiary alicyclic amines) is 1. The number of nitrogens with two attached hydrogens (primary N) is 2. The molecule has 98 valence electrons. The number of carbonyl (C=O) groups excluding carboxylic acids is 1. The topological polar surface area (TPSA) is 97.3 Å². The van der Waals surface area contributed by atoms with E-state index in [0.29, 0.717) is 18.4 Å². The Bertz CT molecular complexity index is 415. The van der Waals surface area contributed by atoms with Crippen LogP contribution in [0.4, 0.5) is 11.6 Å². The molecule has 2 heterocycles. The van der Waals surface area contributed by atoms with Gasteiger partial charge in [-0.3, -0.25) is 9.69 Å². The van der Waals surface area contributed by atoms with E-state index >= 15 is 0 Å². The van der Waals surface area contributed by atoms with Crippen molar-refractivity contribution in [3.63, 3.8) is 0 Å². The van der Waals surface area contributed by atoms with Crippen LogP contribution in [0.15, 0.2) is 18.2 Å². The number of amides is 1. The second-order valence-electron chi connectivity index (χ2n) is 4.61. The highest BCUT2D eigenvalue weighted by molar-refractivity contribution is 5.75. The van der Waals surface area contributed by atoms with Crippen molar-refractivity contribution in [3.8, 4) is 0 Å². The van der Waals surface area contributed by atoms with Gasteiger partial charge in [0, 0.05) is 19.1 Å². The van der Waals surface area contributed by atoms with E-state index in [9.17, 15) is 4.79 Å². The fourth-order valence-electron chi connectivity index (χ4n) is 2.20. The largest absolute Gasteiger partial charge is 0.384 e. The van der Waals surface area contributed by atoms with E-state index < -0.39 is 0 Å². The van der Waals surface area contributed by atoms with Gasteiger partial charge in [-0.05, 0) is 25.0 Å². The van der Waals surface area contributed by atoms with Crippen LogP contribution < -0.4 is 16.8 Å². The Morgan fingerprint density at radius 1 is 1.44 bits per heavy atom. The zero-order valence-corrected chi connectivity index (χ0v) is 10.3. The highest BCUT2D eigenvalue weighted by atomic mass is 16.1. The Morgan fingerprint density at radius 2 is 2.17 bits per heavy atom. The molecule has 18 heavy (non-hydrogen) atoms. The number of hydrogen-bond donors (Lipinski definition) is 3. The van der Waals surface area contributed by atoms with Crippen molar-refractivity contribution in [2.75, 3.05) is 30.7 Å². The Hall–Kier alpha value is -1.82. The van der Waals surface area contributed by atoms with E-state index in [-0.39, 0.29) is 5.91 Å². The van der Waals surface area contributed by atoms with Crippen LogP contribution in [0.3, 0.4) is 0 Å². The predicted octanol–water partition coefficient (Wildman–Crippen LogP) is 0.0254. The van der Waals surface area contributed by atoms with Crippen molar-refractivity contribution in [2.24, 2.45) is 5.73 Å². The van der Waals surface area contributed by atoms with Gasteiger partial charge in [0.05, 0.1) is 6.54 Å². The second-order valence-corrected chi connectivity index (χ2v) is 4.61. The lowest BCUT2D eigenvalue weighted by atomic mass is 10.1. The maximum absolute atomic E-state index is 10.8. The van der Waals surface area contributed by atoms with Crippen LogP contribution in [0.25, 0.3) is 0 Å². The van der Waals surface area contributed by atoms with Gasteiger partial charge < -0.3 is 16.8 Å². The lowest BCUT2D eigenvalue weighted by Crippen LogP contribution is -2.43. The number of aromatic nitrogens is 1. The minimum atomic E-state index is -0.265. The molecule has 6 nitrogen and oxygen atoms in total. The normalized spacial score (nSPS) is 17.6.